The summed E-state index contributed by atoms with van der Waals surface area (Å²) in [6.07, 6.45) is 5.03. The molecule has 0 saturated carbocycles. The summed E-state index contributed by atoms with van der Waals surface area (Å²) in [4.78, 5) is 13.1. The molecular weight excluding hydrogens is 304 g/mol. The number of carbonyl (C=O) groups excluding carboxylic acids is 1. The highest BCUT2D eigenvalue weighted by molar-refractivity contribution is 6.74. The highest BCUT2D eigenvalue weighted by atomic mass is 28.4. The molecule has 0 spiro atoms. The summed E-state index contributed by atoms with van der Waals surface area (Å²) in [7, 11) is -2.21. The molecule has 2 aliphatic rings. The highest BCUT2D eigenvalue weighted by Gasteiger charge is 2.50. The number of rotatable bonds is 2. The summed E-state index contributed by atoms with van der Waals surface area (Å²) < 4.78 is 6.48. The molecule has 0 aromatic rings. The molecule has 2 unspecified atom stereocenters. The van der Waals surface area contributed by atoms with Gasteiger partial charge in [0.15, 0.2) is 13.9 Å². The Morgan fingerprint density at radius 2 is 1.96 bits per heavy atom. The van der Waals surface area contributed by atoms with E-state index in [1.54, 1.807) is 18.2 Å². The van der Waals surface area contributed by atoms with E-state index < -0.39 is 20.0 Å². The molecule has 0 amide bonds. The van der Waals surface area contributed by atoms with E-state index in [2.05, 4.69) is 57.5 Å². The second-order valence-corrected chi connectivity index (χ2v) is 12.2. The summed E-state index contributed by atoms with van der Waals surface area (Å²) in [5.74, 6) is 11.1. The first-order valence-corrected chi connectivity index (χ1v) is 10.8. The monoisotopic (exact) mass is 328 g/mol. The first-order valence-electron chi connectivity index (χ1n) is 7.91. The standard InChI is InChI=1S/C19H24O3Si/c1-18(2,3)23(4,5)22-19-13-9-7-6-8-12-16(20)15(17(19)21)11-10-14-19/h6-7,11,16,20H,10,14H2,1-5H3. The number of fused-ring (bicyclic) bond motifs is 2. The molecule has 4 heteroatoms. The Morgan fingerprint density at radius 1 is 1.30 bits per heavy atom. The second kappa shape index (κ2) is 6.13. The van der Waals surface area contributed by atoms with Crippen LogP contribution in [-0.2, 0) is 9.22 Å². The molecule has 0 heterocycles. The van der Waals surface area contributed by atoms with Crippen molar-refractivity contribution in [1.82, 2.24) is 0 Å². The maximum atomic E-state index is 13.1. The Hall–Kier alpha value is -1.59. The van der Waals surface area contributed by atoms with Gasteiger partial charge in [-0.25, -0.2) is 0 Å². The second-order valence-electron chi connectivity index (χ2n) is 7.51. The summed E-state index contributed by atoms with van der Waals surface area (Å²) in [6, 6.07) is 0. The summed E-state index contributed by atoms with van der Waals surface area (Å²) in [6.45, 7) is 10.6. The van der Waals surface area contributed by atoms with Crippen LogP contribution in [0.3, 0.4) is 0 Å². The van der Waals surface area contributed by atoms with E-state index in [4.69, 9.17) is 4.43 Å². The van der Waals surface area contributed by atoms with Gasteiger partial charge in [0, 0.05) is 5.57 Å². The van der Waals surface area contributed by atoms with Crippen LogP contribution in [0.5, 0.6) is 0 Å². The first-order chi connectivity index (χ1) is 10.6. The number of aliphatic hydroxyl groups excluding tert-OH is 1. The fraction of sp³-hybridized carbons (Fsp3) is 0.526. The van der Waals surface area contributed by atoms with Gasteiger partial charge in [0.2, 0.25) is 5.78 Å². The van der Waals surface area contributed by atoms with Crippen LogP contribution in [0.2, 0.25) is 18.1 Å². The zero-order chi connectivity index (χ0) is 17.3. The molecular formula is C19H24O3Si. The molecule has 0 saturated heterocycles. The van der Waals surface area contributed by atoms with Crippen molar-refractivity contribution in [3.63, 3.8) is 0 Å². The number of hydrogen-bond acceptors (Lipinski definition) is 3. The van der Waals surface area contributed by atoms with Gasteiger partial charge in [-0.15, -0.1) is 0 Å². The van der Waals surface area contributed by atoms with Crippen LogP contribution >= 0.6 is 0 Å². The predicted octanol–water partition coefficient (Wildman–Crippen LogP) is 2.97. The zero-order valence-electron chi connectivity index (χ0n) is 14.5. The Kier molecular flexibility index (Phi) is 4.73. The minimum absolute atomic E-state index is 0.0331. The minimum Gasteiger partial charge on any atom is -0.395 e. The van der Waals surface area contributed by atoms with Gasteiger partial charge in [-0.05, 0) is 43.1 Å². The zero-order valence-corrected chi connectivity index (χ0v) is 15.5. The van der Waals surface area contributed by atoms with E-state index in [1.165, 1.54) is 0 Å². The van der Waals surface area contributed by atoms with Crippen LogP contribution < -0.4 is 0 Å². The van der Waals surface area contributed by atoms with Gasteiger partial charge in [0.25, 0.3) is 0 Å². The average Bonchev–Trinajstić information content (AvgIpc) is 2.42. The van der Waals surface area contributed by atoms with Gasteiger partial charge in [0.05, 0.1) is 0 Å². The van der Waals surface area contributed by atoms with Crippen LogP contribution in [0.1, 0.15) is 33.6 Å². The van der Waals surface area contributed by atoms with Gasteiger partial charge < -0.3 is 9.53 Å². The summed E-state index contributed by atoms with van der Waals surface area (Å²) in [5.41, 5.74) is -0.857. The molecule has 0 aromatic carbocycles. The Morgan fingerprint density at radius 3 is 2.61 bits per heavy atom. The lowest BCUT2D eigenvalue weighted by Gasteiger charge is -2.44. The molecule has 2 bridgehead atoms. The molecule has 2 atom stereocenters. The van der Waals surface area contributed by atoms with Gasteiger partial charge in [-0.3, -0.25) is 4.79 Å². The molecule has 2 aliphatic carbocycles. The molecule has 0 aliphatic heterocycles. The Balaban J connectivity index is 2.52. The number of aliphatic hydroxyl groups is 1. The molecule has 2 rings (SSSR count). The highest BCUT2D eigenvalue weighted by Crippen LogP contribution is 2.42. The number of carbonyl (C=O) groups is 1. The molecule has 122 valence electrons. The largest absolute Gasteiger partial charge is 0.395 e. The predicted molar refractivity (Wildman–Crippen MR) is 94.0 cm³/mol. The van der Waals surface area contributed by atoms with E-state index in [9.17, 15) is 9.90 Å². The van der Waals surface area contributed by atoms with Gasteiger partial charge in [-0.1, -0.05) is 50.5 Å². The summed E-state index contributed by atoms with van der Waals surface area (Å²) >= 11 is 0. The van der Waals surface area contributed by atoms with Crippen LogP contribution in [0.15, 0.2) is 23.8 Å². The molecule has 0 fully saturated rings. The van der Waals surface area contributed by atoms with Crippen molar-refractivity contribution < 1.29 is 14.3 Å². The fourth-order valence-corrected chi connectivity index (χ4v) is 3.81. The van der Waals surface area contributed by atoms with Crippen molar-refractivity contribution in [2.24, 2.45) is 0 Å². The minimum atomic E-state index is -2.21. The third-order valence-electron chi connectivity index (χ3n) is 4.76. The van der Waals surface area contributed by atoms with Gasteiger partial charge in [0.1, 0.15) is 6.10 Å². The van der Waals surface area contributed by atoms with Gasteiger partial charge >= 0.3 is 0 Å². The summed E-state index contributed by atoms with van der Waals surface area (Å²) in [5, 5.41) is 10.2. The van der Waals surface area contributed by atoms with Crippen molar-refractivity contribution in [1.29, 1.82) is 0 Å². The Labute approximate surface area is 139 Å². The Bertz CT molecular complexity index is 686. The van der Waals surface area contributed by atoms with E-state index in [0.717, 1.165) is 0 Å². The van der Waals surface area contributed by atoms with Gasteiger partial charge in [-0.2, -0.15) is 0 Å². The van der Waals surface area contributed by atoms with Crippen LogP contribution in [-0.4, -0.2) is 30.9 Å². The number of hydrogen-bond donors (Lipinski definition) is 1. The average molecular weight is 328 g/mol. The lowest BCUT2D eigenvalue weighted by Crippen LogP contribution is -2.55. The first kappa shape index (κ1) is 17.8. The third-order valence-corrected chi connectivity index (χ3v) is 9.24. The third kappa shape index (κ3) is 3.51. The molecule has 0 aromatic heterocycles. The molecule has 23 heavy (non-hydrogen) atoms. The smallest absolute Gasteiger partial charge is 0.205 e. The maximum Gasteiger partial charge on any atom is 0.205 e. The van der Waals surface area contributed by atoms with Crippen LogP contribution in [0.25, 0.3) is 0 Å². The lowest BCUT2D eigenvalue weighted by atomic mass is 9.81. The topological polar surface area (TPSA) is 46.5 Å². The van der Waals surface area contributed by atoms with E-state index in [1.807, 2.05) is 0 Å². The lowest BCUT2D eigenvalue weighted by molar-refractivity contribution is -0.128. The SMILES string of the molecule is CC(C)(C)[Si](C)(C)OC12C#CC=CC#CC(O)C(=CCC1)C2=O. The number of ketones is 1. The van der Waals surface area contributed by atoms with E-state index in [0.29, 0.717) is 18.4 Å². The van der Waals surface area contributed by atoms with Crippen LogP contribution in [0.4, 0.5) is 0 Å². The maximum absolute atomic E-state index is 13.1. The van der Waals surface area contributed by atoms with Crippen molar-refractivity contribution in [3.8, 4) is 23.7 Å². The normalized spacial score (nSPS) is 27.3. The van der Waals surface area contributed by atoms with Crippen molar-refractivity contribution in [2.75, 3.05) is 0 Å². The number of allylic oxidation sites excluding steroid dienone is 3. The quantitative estimate of drug-likeness (QED) is 0.626. The van der Waals surface area contributed by atoms with Crippen molar-refractivity contribution in [2.45, 2.75) is 63.5 Å². The van der Waals surface area contributed by atoms with Crippen LogP contribution in [0, 0.1) is 23.7 Å². The number of Topliss-reactive ketones (excluding diaryl/α,β-unsaturated/α-hetero) is 1. The van der Waals surface area contributed by atoms with E-state index in [-0.39, 0.29) is 10.8 Å². The molecule has 0 radical (unpaired) electrons. The van der Waals surface area contributed by atoms with E-state index >= 15 is 0 Å². The molecule has 1 N–H and O–H groups in total. The van der Waals surface area contributed by atoms with Crippen molar-refractivity contribution >= 4 is 14.1 Å². The molecule has 3 nitrogen and oxygen atoms in total. The van der Waals surface area contributed by atoms with Crippen molar-refractivity contribution in [3.05, 3.63) is 23.8 Å². The fourth-order valence-electron chi connectivity index (χ4n) is 2.38.